The number of aryl methyl sites for hydroxylation is 1. The van der Waals surface area contributed by atoms with E-state index in [-0.39, 0.29) is 5.69 Å². The third kappa shape index (κ3) is 3.18. The SMILES string of the molecule is N#Cc1cccc([N+](=O)[O-])c1CCCc1cccnc1. The topological polar surface area (TPSA) is 79.8 Å². The van der Waals surface area contributed by atoms with Gasteiger partial charge in [0.05, 0.1) is 16.6 Å². The molecule has 20 heavy (non-hydrogen) atoms. The first-order valence-corrected chi connectivity index (χ1v) is 6.27. The van der Waals surface area contributed by atoms with Gasteiger partial charge in [0.15, 0.2) is 0 Å². The maximum atomic E-state index is 11.0. The molecule has 0 atom stereocenters. The zero-order chi connectivity index (χ0) is 14.4. The van der Waals surface area contributed by atoms with Crippen molar-refractivity contribution in [2.24, 2.45) is 0 Å². The molecule has 0 saturated heterocycles. The Morgan fingerprint density at radius 1 is 1.25 bits per heavy atom. The second kappa shape index (κ2) is 6.43. The van der Waals surface area contributed by atoms with Crippen molar-refractivity contribution in [2.75, 3.05) is 0 Å². The van der Waals surface area contributed by atoms with Crippen molar-refractivity contribution in [3.05, 3.63) is 69.5 Å². The third-order valence-corrected chi connectivity index (χ3v) is 3.08. The molecule has 100 valence electrons. The van der Waals surface area contributed by atoms with Gasteiger partial charge in [-0.2, -0.15) is 5.26 Å². The lowest BCUT2D eigenvalue weighted by Crippen LogP contribution is -2.00. The highest BCUT2D eigenvalue weighted by Gasteiger charge is 2.16. The molecule has 0 N–H and O–H groups in total. The molecule has 0 spiro atoms. The molecule has 0 unspecified atom stereocenters. The van der Waals surface area contributed by atoms with Gasteiger partial charge in [0.1, 0.15) is 0 Å². The van der Waals surface area contributed by atoms with Crippen LogP contribution in [0.4, 0.5) is 5.69 Å². The van der Waals surface area contributed by atoms with Gasteiger partial charge in [-0.25, -0.2) is 0 Å². The van der Waals surface area contributed by atoms with E-state index < -0.39 is 4.92 Å². The number of hydrogen-bond acceptors (Lipinski definition) is 4. The van der Waals surface area contributed by atoms with Crippen molar-refractivity contribution in [3.8, 4) is 6.07 Å². The monoisotopic (exact) mass is 267 g/mol. The van der Waals surface area contributed by atoms with Crippen LogP contribution in [0.2, 0.25) is 0 Å². The molecule has 2 rings (SSSR count). The van der Waals surface area contributed by atoms with Crippen LogP contribution in [0.1, 0.15) is 23.1 Å². The Bertz CT molecular complexity index is 648. The summed E-state index contributed by atoms with van der Waals surface area (Å²) in [6.07, 6.45) is 5.52. The number of hydrogen-bond donors (Lipinski definition) is 0. The summed E-state index contributed by atoms with van der Waals surface area (Å²) >= 11 is 0. The Balaban J connectivity index is 2.13. The zero-order valence-electron chi connectivity index (χ0n) is 10.8. The van der Waals surface area contributed by atoms with Crippen LogP contribution in [0.15, 0.2) is 42.7 Å². The summed E-state index contributed by atoms with van der Waals surface area (Å²) in [5.74, 6) is 0. The van der Waals surface area contributed by atoms with E-state index in [0.717, 1.165) is 18.4 Å². The molecule has 0 aliphatic rings. The van der Waals surface area contributed by atoms with Gasteiger partial charge in [0.25, 0.3) is 5.69 Å². The van der Waals surface area contributed by atoms with Crippen molar-refractivity contribution >= 4 is 5.69 Å². The molecule has 0 fully saturated rings. The highest BCUT2D eigenvalue weighted by molar-refractivity contribution is 5.50. The summed E-state index contributed by atoms with van der Waals surface area (Å²) in [6.45, 7) is 0. The standard InChI is InChI=1S/C15H13N3O2/c16-10-13-6-2-8-15(18(19)20)14(13)7-1-4-12-5-3-9-17-11-12/h2-3,5-6,8-9,11H,1,4,7H2. The second-order valence-electron chi connectivity index (χ2n) is 4.39. The molecule has 1 heterocycles. The van der Waals surface area contributed by atoms with Crippen molar-refractivity contribution in [3.63, 3.8) is 0 Å². The van der Waals surface area contributed by atoms with Gasteiger partial charge >= 0.3 is 0 Å². The van der Waals surface area contributed by atoms with Gasteiger partial charge in [-0.05, 0) is 37.0 Å². The van der Waals surface area contributed by atoms with Crippen LogP contribution in [-0.2, 0) is 12.8 Å². The molecule has 0 saturated carbocycles. The molecule has 2 aromatic rings. The van der Waals surface area contributed by atoms with Crippen molar-refractivity contribution < 1.29 is 4.92 Å². The summed E-state index contributed by atoms with van der Waals surface area (Å²) in [6, 6.07) is 10.5. The van der Waals surface area contributed by atoms with Crippen LogP contribution in [0, 0.1) is 21.4 Å². The minimum absolute atomic E-state index is 0.0234. The lowest BCUT2D eigenvalue weighted by molar-refractivity contribution is -0.385. The van der Waals surface area contributed by atoms with E-state index in [1.54, 1.807) is 24.5 Å². The molecule has 0 aliphatic carbocycles. The van der Waals surface area contributed by atoms with Gasteiger partial charge < -0.3 is 0 Å². The first-order chi connectivity index (χ1) is 9.72. The molecule has 0 amide bonds. The molecule has 0 bridgehead atoms. The van der Waals surface area contributed by atoms with Gasteiger partial charge in [0, 0.05) is 24.0 Å². The first kappa shape index (κ1) is 13.7. The molecule has 5 heteroatoms. The summed E-state index contributed by atoms with van der Waals surface area (Å²) in [5, 5.41) is 20.1. The van der Waals surface area contributed by atoms with Crippen LogP contribution < -0.4 is 0 Å². The lowest BCUT2D eigenvalue weighted by Gasteiger charge is -2.05. The largest absolute Gasteiger partial charge is 0.273 e. The molecule has 5 nitrogen and oxygen atoms in total. The Labute approximate surface area is 116 Å². The average molecular weight is 267 g/mol. The fourth-order valence-electron chi connectivity index (χ4n) is 2.13. The maximum absolute atomic E-state index is 11.0. The summed E-state index contributed by atoms with van der Waals surface area (Å²) in [5.41, 5.74) is 2.01. The Kier molecular flexibility index (Phi) is 4.40. The van der Waals surface area contributed by atoms with Gasteiger partial charge in [0.2, 0.25) is 0 Å². The smallest absolute Gasteiger partial charge is 0.264 e. The fourth-order valence-corrected chi connectivity index (χ4v) is 2.13. The highest BCUT2D eigenvalue weighted by atomic mass is 16.6. The number of rotatable bonds is 5. The van der Waals surface area contributed by atoms with Crippen LogP contribution in [-0.4, -0.2) is 9.91 Å². The van der Waals surface area contributed by atoms with E-state index in [1.807, 2.05) is 18.2 Å². The predicted octanol–water partition coefficient (Wildman–Crippen LogP) is 3.04. The molecule has 0 aliphatic heterocycles. The summed E-state index contributed by atoms with van der Waals surface area (Å²) in [7, 11) is 0. The molecule has 0 radical (unpaired) electrons. The van der Waals surface area contributed by atoms with E-state index in [0.29, 0.717) is 17.5 Å². The molecule has 1 aromatic carbocycles. The van der Waals surface area contributed by atoms with Gasteiger partial charge in [-0.15, -0.1) is 0 Å². The van der Waals surface area contributed by atoms with Gasteiger partial charge in [-0.3, -0.25) is 15.1 Å². The Morgan fingerprint density at radius 3 is 2.75 bits per heavy atom. The van der Waals surface area contributed by atoms with E-state index >= 15 is 0 Å². The molecular formula is C15H13N3O2. The number of nitrogens with zero attached hydrogens (tertiary/aromatic N) is 3. The van der Waals surface area contributed by atoms with Gasteiger partial charge in [-0.1, -0.05) is 12.1 Å². The van der Waals surface area contributed by atoms with E-state index in [2.05, 4.69) is 4.98 Å². The lowest BCUT2D eigenvalue weighted by atomic mass is 9.99. The predicted molar refractivity (Wildman–Crippen MR) is 74.1 cm³/mol. The minimum Gasteiger partial charge on any atom is -0.264 e. The number of nitro benzene ring substituents is 1. The number of benzene rings is 1. The number of aromatic nitrogens is 1. The van der Waals surface area contributed by atoms with Crippen LogP contribution in [0.25, 0.3) is 0 Å². The fraction of sp³-hybridized carbons (Fsp3) is 0.200. The van der Waals surface area contributed by atoms with Crippen LogP contribution in [0.5, 0.6) is 0 Å². The highest BCUT2D eigenvalue weighted by Crippen LogP contribution is 2.23. The number of pyridine rings is 1. The number of nitriles is 1. The third-order valence-electron chi connectivity index (χ3n) is 3.08. The quantitative estimate of drug-likeness (QED) is 0.616. The average Bonchev–Trinajstić information content (AvgIpc) is 2.48. The normalized spacial score (nSPS) is 9.95. The Hall–Kier alpha value is -2.74. The van der Waals surface area contributed by atoms with E-state index in [4.69, 9.17) is 5.26 Å². The first-order valence-electron chi connectivity index (χ1n) is 6.27. The summed E-state index contributed by atoms with van der Waals surface area (Å²) < 4.78 is 0. The summed E-state index contributed by atoms with van der Waals surface area (Å²) in [4.78, 5) is 14.6. The minimum atomic E-state index is -0.430. The van der Waals surface area contributed by atoms with Crippen LogP contribution >= 0.6 is 0 Å². The Morgan fingerprint density at radius 2 is 2.10 bits per heavy atom. The van der Waals surface area contributed by atoms with Crippen LogP contribution in [0.3, 0.4) is 0 Å². The molecular weight excluding hydrogens is 254 g/mol. The number of nitro groups is 1. The second-order valence-corrected chi connectivity index (χ2v) is 4.39. The van der Waals surface area contributed by atoms with E-state index in [9.17, 15) is 10.1 Å². The van der Waals surface area contributed by atoms with Crippen molar-refractivity contribution in [2.45, 2.75) is 19.3 Å². The van der Waals surface area contributed by atoms with Crippen molar-refractivity contribution in [1.82, 2.24) is 4.98 Å². The van der Waals surface area contributed by atoms with E-state index in [1.165, 1.54) is 6.07 Å². The molecule has 1 aromatic heterocycles. The zero-order valence-corrected chi connectivity index (χ0v) is 10.8. The van der Waals surface area contributed by atoms with Crippen molar-refractivity contribution in [1.29, 1.82) is 5.26 Å². The maximum Gasteiger partial charge on any atom is 0.273 e.